The largest absolute Gasteiger partial charge is 0.392 e. The van der Waals surface area contributed by atoms with Crippen molar-refractivity contribution in [1.29, 1.82) is 0 Å². The highest BCUT2D eigenvalue weighted by Crippen LogP contribution is 2.21. The Bertz CT molecular complexity index is 184. The standard InChI is InChI=1S/C10H16O2/c1-2-3-6-9(11)8-5-4-7-10(8)12/h4,7-9,11H,2-3,5-6H2,1H3/t8-,9-/m0/s1. The van der Waals surface area contributed by atoms with Gasteiger partial charge in [0.25, 0.3) is 0 Å². The van der Waals surface area contributed by atoms with E-state index in [1.807, 2.05) is 6.08 Å². The molecule has 1 aliphatic rings. The number of aliphatic hydroxyl groups excluding tert-OH is 1. The number of allylic oxidation sites excluding steroid dienone is 2. The van der Waals surface area contributed by atoms with Crippen LogP contribution in [-0.2, 0) is 4.79 Å². The highest BCUT2D eigenvalue weighted by molar-refractivity contribution is 5.94. The minimum Gasteiger partial charge on any atom is -0.392 e. The van der Waals surface area contributed by atoms with Gasteiger partial charge in [-0.05, 0) is 18.9 Å². The van der Waals surface area contributed by atoms with Crippen molar-refractivity contribution in [2.75, 3.05) is 0 Å². The Hall–Kier alpha value is -0.630. The molecule has 12 heavy (non-hydrogen) atoms. The minimum atomic E-state index is -0.424. The van der Waals surface area contributed by atoms with Crippen LogP contribution in [0.4, 0.5) is 0 Å². The summed E-state index contributed by atoms with van der Waals surface area (Å²) in [5.74, 6) is -0.0462. The van der Waals surface area contributed by atoms with Gasteiger partial charge in [-0.3, -0.25) is 4.79 Å². The summed E-state index contributed by atoms with van der Waals surface area (Å²) in [7, 11) is 0. The van der Waals surface area contributed by atoms with Crippen molar-refractivity contribution in [1.82, 2.24) is 0 Å². The van der Waals surface area contributed by atoms with Gasteiger partial charge < -0.3 is 5.11 Å². The van der Waals surface area contributed by atoms with Gasteiger partial charge in [0.2, 0.25) is 0 Å². The number of carbonyl (C=O) groups excluding carboxylic acids is 1. The van der Waals surface area contributed by atoms with Crippen LogP contribution in [0.2, 0.25) is 0 Å². The second kappa shape index (κ2) is 4.41. The Morgan fingerprint density at radius 2 is 2.50 bits per heavy atom. The van der Waals surface area contributed by atoms with Gasteiger partial charge in [-0.25, -0.2) is 0 Å². The Labute approximate surface area is 73.3 Å². The van der Waals surface area contributed by atoms with Crippen LogP contribution in [0.15, 0.2) is 12.2 Å². The van der Waals surface area contributed by atoms with Crippen LogP contribution >= 0.6 is 0 Å². The van der Waals surface area contributed by atoms with Crippen LogP contribution in [-0.4, -0.2) is 17.0 Å². The van der Waals surface area contributed by atoms with Gasteiger partial charge >= 0.3 is 0 Å². The Morgan fingerprint density at radius 1 is 1.75 bits per heavy atom. The molecule has 0 aromatic carbocycles. The fourth-order valence-corrected chi connectivity index (χ4v) is 1.53. The minimum absolute atomic E-state index is 0.0959. The molecular formula is C10H16O2. The van der Waals surface area contributed by atoms with Crippen LogP contribution in [0.25, 0.3) is 0 Å². The lowest BCUT2D eigenvalue weighted by Crippen LogP contribution is -2.24. The molecule has 1 aliphatic carbocycles. The van der Waals surface area contributed by atoms with Gasteiger partial charge in [0.15, 0.2) is 5.78 Å². The third-order valence-electron chi connectivity index (χ3n) is 2.36. The predicted molar refractivity (Wildman–Crippen MR) is 47.8 cm³/mol. The highest BCUT2D eigenvalue weighted by atomic mass is 16.3. The molecule has 0 aliphatic heterocycles. The molecule has 0 unspecified atom stereocenters. The summed E-state index contributed by atoms with van der Waals surface area (Å²) in [4.78, 5) is 11.1. The summed E-state index contributed by atoms with van der Waals surface area (Å²) >= 11 is 0. The average Bonchev–Trinajstić information content (AvgIpc) is 2.47. The summed E-state index contributed by atoms with van der Waals surface area (Å²) in [6.45, 7) is 2.08. The van der Waals surface area contributed by atoms with E-state index in [-0.39, 0.29) is 11.7 Å². The van der Waals surface area contributed by atoms with Crippen LogP contribution in [0, 0.1) is 5.92 Å². The van der Waals surface area contributed by atoms with Crippen LogP contribution in [0.1, 0.15) is 32.6 Å². The van der Waals surface area contributed by atoms with Crippen molar-refractivity contribution >= 4 is 5.78 Å². The SMILES string of the molecule is CCCC[C@H](O)[C@@H]1CC=CC1=O. The first-order valence-electron chi connectivity index (χ1n) is 4.64. The maximum absolute atomic E-state index is 11.1. The quantitative estimate of drug-likeness (QED) is 0.693. The van der Waals surface area contributed by atoms with Gasteiger partial charge in [-0.1, -0.05) is 25.8 Å². The van der Waals surface area contributed by atoms with E-state index >= 15 is 0 Å². The highest BCUT2D eigenvalue weighted by Gasteiger charge is 2.26. The molecule has 2 heteroatoms. The van der Waals surface area contributed by atoms with E-state index in [1.165, 1.54) is 0 Å². The smallest absolute Gasteiger partial charge is 0.161 e. The van der Waals surface area contributed by atoms with E-state index in [9.17, 15) is 9.90 Å². The molecule has 0 amide bonds. The number of hydrogen-bond acceptors (Lipinski definition) is 2. The molecule has 1 rings (SSSR count). The zero-order valence-electron chi connectivity index (χ0n) is 7.49. The number of hydrogen-bond donors (Lipinski definition) is 1. The van der Waals surface area contributed by atoms with Crippen LogP contribution in [0.5, 0.6) is 0 Å². The molecule has 0 aromatic rings. The second-order valence-corrected chi connectivity index (χ2v) is 3.36. The molecule has 0 spiro atoms. The summed E-state index contributed by atoms with van der Waals surface area (Å²) in [6, 6.07) is 0. The van der Waals surface area contributed by atoms with Crippen molar-refractivity contribution in [3.05, 3.63) is 12.2 Å². The first-order chi connectivity index (χ1) is 5.75. The maximum atomic E-state index is 11.1. The number of carbonyl (C=O) groups is 1. The van der Waals surface area contributed by atoms with Gasteiger partial charge in [0.1, 0.15) is 0 Å². The van der Waals surface area contributed by atoms with Crippen molar-refractivity contribution < 1.29 is 9.90 Å². The molecule has 0 saturated heterocycles. The summed E-state index contributed by atoms with van der Waals surface area (Å²) in [5.41, 5.74) is 0. The van der Waals surface area contributed by atoms with Crippen molar-refractivity contribution in [2.45, 2.75) is 38.7 Å². The number of ketones is 1. The Morgan fingerprint density at radius 3 is 3.00 bits per heavy atom. The fourth-order valence-electron chi connectivity index (χ4n) is 1.53. The van der Waals surface area contributed by atoms with Crippen molar-refractivity contribution in [3.63, 3.8) is 0 Å². The first kappa shape index (κ1) is 9.46. The monoisotopic (exact) mass is 168 g/mol. The van der Waals surface area contributed by atoms with E-state index < -0.39 is 6.10 Å². The van der Waals surface area contributed by atoms with E-state index in [0.29, 0.717) is 0 Å². The second-order valence-electron chi connectivity index (χ2n) is 3.36. The molecule has 0 saturated carbocycles. The molecule has 2 nitrogen and oxygen atoms in total. The third-order valence-corrected chi connectivity index (χ3v) is 2.36. The normalized spacial score (nSPS) is 24.8. The summed E-state index contributed by atoms with van der Waals surface area (Å²) in [6.07, 6.45) is 6.57. The predicted octanol–water partition coefficient (Wildman–Crippen LogP) is 1.68. The molecular weight excluding hydrogens is 152 g/mol. The summed E-state index contributed by atoms with van der Waals surface area (Å²) in [5, 5.41) is 9.59. The number of aliphatic hydroxyl groups is 1. The van der Waals surface area contributed by atoms with Gasteiger partial charge in [-0.15, -0.1) is 0 Å². The van der Waals surface area contributed by atoms with E-state index in [4.69, 9.17) is 0 Å². The fraction of sp³-hybridized carbons (Fsp3) is 0.700. The lowest BCUT2D eigenvalue weighted by molar-refractivity contribution is -0.120. The zero-order chi connectivity index (χ0) is 8.97. The van der Waals surface area contributed by atoms with Gasteiger partial charge in [-0.2, -0.15) is 0 Å². The molecule has 2 atom stereocenters. The van der Waals surface area contributed by atoms with E-state index in [0.717, 1.165) is 25.7 Å². The number of rotatable bonds is 4. The van der Waals surface area contributed by atoms with Gasteiger partial charge in [0, 0.05) is 0 Å². The van der Waals surface area contributed by atoms with E-state index in [1.54, 1.807) is 6.08 Å². The molecule has 0 aromatic heterocycles. The van der Waals surface area contributed by atoms with E-state index in [2.05, 4.69) is 6.92 Å². The summed E-state index contributed by atoms with van der Waals surface area (Å²) < 4.78 is 0. The molecule has 0 heterocycles. The Kier molecular flexibility index (Phi) is 3.48. The van der Waals surface area contributed by atoms with Gasteiger partial charge in [0.05, 0.1) is 12.0 Å². The van der Waals surface area contributed by atoms with Crippen molar-refractivity contribution in [2.24, 2.45) is 5.92 Å². The first-order valence-corrected chi connectivity index (χ1v) is 4.64. The Balaban J connectivity index is 2.32. The topological polar surface area (TPSA) is 37.3 Å². The molecule has 68 valence electrons. The third kappa shape index (κ3) is 2.18. The molecule has 0 radical (unpaired) electrons. The lowest BCUT2D eigenvalue weighted by atomic mass is 9.95. The van der Waals surface area contributed by atoms with Crippen LogP contribution < -0.4 is 0 Å². The zero-order valence-corrected chi connectivity index (χ0v) is 7.49. The molecule has 0 fully saturated rings. The molecule has 0 bridgehead atoms. The lowest BCUT2D eigenvalue weighted by Gasteiger charge is -2.15. The maximum Gasteiger partial charge on any atom is 0.161 e. The van der Waals surface area contributed by atoms with Crippen LogP contribution in [0.3, 0.4) is 0 Å². The number of unbranched alkanes of at least 4 members (excludes halogenated alkanes) is 1. The molecule has 1 N–H and O–H groups in total. The average molecular weight is 168 g/mol. The van der Waals surface area contributed by atoms with Crippen molar-refractivity contribution in [3.8, 4) is 0 Å².